The van der Waals surface area contributed by atoms with E-state index in [1.807, 2.05) is 12.2 Å². The number of aliphatic imine (C=N–C) groups is 1. The molecule has 4 aliphatic rings. The second kappa shape index (κ2) is 9.74. The van der Waals surface area contributed by atoms with Gasteiger partial charge in [-0.2, -0.15) is 0 Å². The third-order valence-corrected chi connectivity index (χ3v) is 7.02. The zero-order valence-electron chi connectivity index (χ0n) is 20.1. The Balaban J connectivity index is 1.16. The Morgan fingerprint density at radius 3 is 2.76 bits per heavy atom. The summed E-state index contributed by atoms with van der Waals surface area (Å²) in [5.74, 6) is 2.51. The fourth-order valence-corrected chi connectivity index (χ4v) is 4.72. The van der Waals surface area contributed by atoms with Crippen molar-refractivity contribution in [2.75, 3.05) is 57.3 Å². The van der Waals surface area contributed by atoms with Crippen LogP contribution < -0.4 is 16.0 Å². The molecule has 3 aliphatic heterocycles. The van der Waals surface area contributed by atoms with Crippen molar-refractivity contribution >= 4 is 23.5 Å². The number of rotatable bonds is 7. The summed E-state index contributed by atoms with van der Waals surface area (Å²) in [5.41, 5.74) is 6.85. The van der Waals surface area contributed by atoms with E-state index in [-0.39, 0.29) is 17.6 Å². The minimum atomic E-state index is -0.355. The van der Waals surface area contributed by atoms with Gasteiger partial charge in [-0.05, 0) is 50.8 Å². The number of nitrogens with zero attached hydrogens (tertiary/aromatic N) is 5. The molecule has 0 spiro atoms. The quantitative estimate of drug-likeness (QED) is 0.349. The van der Waals surface area contributed by atoms with Crippen molar-refractivity contribution in [3.63, 3.8) is 0 Å². The normalized spacial score (nSPS) is 25.5. The predicted octanol–water partition coefficient (Wildman–Crippen LogP) is 0.846. The number of nitrogens with one attached hydrogen (secondary N) is 1. The Morgan fingerprint density at radius 1 is 1.26 bits per heavy atom. The SMILES string of the molecule is CC1(c2cccc(N3CCN(CC(=O)OC4CC4)CC3)n2)CN=C(/C=C\C(N)=[N+]2CCCC2)N1. The molecule has 1 aromatic heterocycles. The summed E-state index contributed by atoms with van der Waals surface area (Å²) in [7, 11) is 0. The van der Waals surface area contributed by atoms with Crippen molar-refractivity contribution in [2.45, 2.75) is 44.2 Å². The molecule has 1 unspecified atom stereocenters. The smallest absolute Gasteiger partial charge is 0.320 e. The third kappa shape index (κ3) is 5.41. The zero-order valence-corrected chi connectivity index (χ0v) is 20.1. The van der Waals surface area contributed by atoms with Gasteiger partial charge in [0.25, 0.3) is 5.84 Å². The lowest BCUT2D eigenvalue weighted by Gasteiger charge is -2.35. The topological polar surface area (TPSA) is 99.1 Å². The van der Waals surface area contributed by atoms with Crippen LogP contribution in [0.5, 0.6) is 0 Å². The lowest BCUT2D eigenvalue weighted by Crippen LogP contribution is -2.48. The molecule has 9 nitrogen and oxygen atoms in total. The molecule has 5 rings (SSSR count). The van der Waals surface area contributed by atoms with Crippen LogP contribution >= 0.6 is 0 Å². The summed E-state index contributed by atoms with van der Waals surface area (Å²) >= 11 is 0. The van der Waals surface area contributed by atoms with E-state index in [0.29, 0.717) is 13.1 Å². The Hall–Kier alpha value is -2.94. The van der Waals surface area contributed by atoms with Gasteiger partial charge in [-0.3, -0.25) is 25.0 Å². The number of aromatic nitrogens is 1. The maximum atomic E-state index is 12.0. The molecule has 34 heavy (non-hydrogen) atoms. The van der Waals surface area contributed by atoms with Gasteiger partial charge in [-0.1, -0.05) is 6.07 Å². The van der Waals surface area contributed by atoms with Gasteiger partial charge < -0.3 is 15.0 Å². The minimum absolute atomic E-state index is 0.0963. The number of pyridine rings is 1. The van der Waals surface area contributed by atoms with Crippen LogP contribution in [0.4, 0.5) is 5.82 Å². The number of anilines is 1. The van der Waals surface area contributed by atoms with E-state index >= 15 is 0 Å². The molecule has 1 aliphatic carbocycles. The number of nitrogens with two attached hydrogens (primary N) is 1. The molecule has 3 N–H and O–H groups in total. The maximum Gasteiger partial charge on any atom is 0.320 e. The van der Waals surface area contributed by atoms with Gasteiger partial charge in [0.15, 0.2) is 0 Å². The van der Waals surface area contributed by atoms with Crippen LogP contribution in [0, 0.1) is 0 Å². The highest BCUT2D eigenvalue weighted by Gasteiger charge is 2.34. The molecule has 0 bridgehead atoms. The molecule has 1 saturated carbocycles. The van der Waals surface area contributed by atoms with Crippen LogP contribution in [0.3, 0.4) is 0 Å². The van der Waals surface area contributed by atoms with E-state index in [9.17, 15) is 4.79 Å². The molecule has 1 aromatic rings. The second-order valence-corrected chi connectivity index (χ2v) is 9.94. The van der Waals surface area contributed by atoms with Crippen LogP contribution in [0.2, 0.25) is 0 Å². The predicted molar refractivity (Wildman–Crippen MR) is 132 cm³/mol. The Labute approximate surface area is 201 Å². The summed E-state index contributed by atoms with van der Waals surface area (Å²) < 4.78 is 7.60. The Morgan fingerprint density at radius 2 is 2.03 bits per heavy atom. The summed E-state index contributed by atoms with van der Waals surface area (Å²) in [6, 6.07) is 6.19. The average molecular weight is 467 g/mol. The highest BCUT2D eigenvalue weighted by Crippen LogP contribution is 2.26. The van der Waals surface area contributed by atoms with Gasteiger partial charge in [0.1, 0.15) is 17.8 Å². The molecule has 4 heterocycles. The van der Waals surface area contributed by atoms with E-state index in [4.69, 9.17) is 20.4 Å². The average Bonchev–Trinajstić information content (AvgIpc) is 3.32. The number of esters is 1. The highest BCUT2D eigenvalue weighted by atomic mass is 16.5. The zero-order chi connectivity index (χ0) is 23.5. The number of hydrogen-bond acceptors (Lipinski definition) is 7. The van der Waals surface area contributed by atoms with Crippen molar-refractivity contribution in [3.05, 3.63) is 36.0 Å². The number of piperazine rings is 1. The van der Waals surface area contributed by atoms with Gasteiger partial charge in [-0.25, -0.2) is 4.98 Å². The molecule has 182 valence electrons. The van der Waals surface area contributed by atoms with Crippen LogP contribution in [-0.4, -0.2) is 90.6 Å². The summed E-state index contributed by atoms with van der Waals surface area (Å²) in [5, 5.41) is 3.54. The molecule has 9 heteroatoms. The molecule has 0 amide bonds. The van der Waals surface area contributed by atoms with Gasteiger partial charge >= 0.3 is 5.97 Å². The summed E-state index contributed by atoms with van der Waals surface area (Å²) in [6.45, 7) is 8.55. The van der Waals surface area contributed by atoms with Gasteiger partial charge in [-0.15, -0.1) is 0 Å². The molecule has 1 atom stereocenters. The van der Waals surface area contributed by atoms with Crippen LogP contribution in [0.1, 0.15) is 38.3 Å². The number of hydrogen-bond donors (Lipinski definition) is 2. The van der Waals surface area contributed by atoms with Crippen LogP contribution in [-0.2, 0) is 15.1 Å². The molecular formula is C25H36N7O2+. The number of amidine groups is 2. The first kappa shape index (κ1) is 22.8. The first-order valence-corrected chi connectivity index (χ1v) is 12.5. The van der Waals surface area contributed by atoms with Crippen molar-refractivity contribution in [3.8, 4) is 0 Å². The third-order valence-electron chi connectivity index (χ3n) is 7.02. The van der Waals surface area contributed by atoms with Crippen molar-refractivity contribution in [1.82, 2.24) is 15.2 Å². The Bertz CT molecular complexity index is 1000. The fourth-order valence-electron chi connectivity index (χ4n) is 4.72. The van der Waals surface area contributed by atoms with Crippen LogP contribution in [0.25, 0.3) is 0 Å². The van der Waals surface area contributed by atoms with E-state index < -0.39 is 0 Å². The van der Waals surface area contributed by atoms with Crippen molar-refractivity contribution in [2.24, 2.45) is 10.7 Å². The van der Waals surface area contributed by atoms with Crippen molar-refractivity contribution in [1.29, 1.82) is 0 Å². The van der Waals surface area contributed by atoms with Gasteiger partial charge in [0.2, 0.25) is 0 Å². The second-order valence-electron chi connectivity index (χ2n) is 9.94. The van der Waals surface area contributed by atoms with Crippen molar-refractivity contribution < 1.29 is 14.1 Å². The van der Waals surface area contributed by atoms with E-state index in [1.165, 1.54) is 12.8 Å². The fraction of sp³-hybridized carbons (Fsp3) is 0.600. The van der Waals surface area contributed by atoms with Gasteiger partial charge in [0, 0.05) is 32.3 Å². The summed E-state index contributed by atoms with van der Waals surface area (Å²) in [4.78, 5) is 26.1. The van der Waals surface area contributed by atoms with E-state index in [0.717, 1.165) is 75.3 Å². The largest absolute Gasteiger partial charge is 0.461 e. The minimum Gasteiger partial charge on any atom is -0.461 e. The molecule has 3 fully saturated rings. The summed E-state index contributed by atoms with van der Waals surface area (Å²) in [6.07, 6.45) is 8.54. The lowest BCUT2D eigenvalue weighted by molar-refractivity contribution is -0.506. The van der Waals surface area contributed by atoms with Crippen LogP contribution in [0.15, 0.2) is 35.3 Å². The van der Waals surface area contributed by atoms with E-state index in [1.54, 1.807) is 0 Å². The highest BCUT2D eigenvalue weighted by molar-refractivity contribution is 6.00. The van der Waals surface area contributed by atoms with Gasteiger partial charge in [0.05, 0.1) is 37.4 Å². The number of carbonyl (C=O) groups excluding carboxylic acids is 1. The molecular weight excluding hydrogens is 430 g/mol. The maximum absolute atomic E-state index is 12.0. The molecule has 2 saturated heterocycles. The monoisotopic (exact) mass is 466 g/mol. The van der Waals surface area contributed by atoms with E-state index in [2.05, 4.69) is 44.8 Å². The Kier molecular flexibility index (Phi) is 6.54. The number of ether oxygens (including phenoxy) is 1. The molecule has 0 aromatic carbocycles. The standard InChI is InChI=1S/C25H35N7O2/c1-25(18-27-22(29-25)10-9-21(26)31-11-2-3-12-31)20-5-4-6-23(28-20)32-15-13-30(14-16-32)17-24(33)34-19-7-8-19/h4-6,9-10,19,26H,2-3,7-8,11-18H2,1H3,(H,27,29)/p+1/b10-9-. The number of carbonyl (C=O) groups is 1. The first-order valence-electron chi connectivity index (χ1n) is 12.5. The first-order chi connectivity index (χ1) is 16.5. The lowest BCUT2D eigenvalue weighted by atomic mass is 9.98. The molecule has 0 radical (unpaired) electrons.